The van der Waals surface area contributed by atoms with Gasteiger partial charge in [-0.05, 0) is 44.2 Å². The van der Waals surface area contributed by atoms with E-state index in [0.29, 0.717) is 12.1 Å². The van der Waals surface area contributed by atoms with Crippen LogP contribution in [0.3, 0.4) is 0 Å². The second-order valence-electron chi connectivity index (χ2n) is 7.36. The van der Waals surface area contributed by atoms with E-state index in [0.717, 1.165) is 64.7 Å². The van der Waals surface area contributed by atoms with Crippen molar-refractivity contribution < 1.29 is 9.47 Å². The first-order valence-electron chi connectivity index (χ1n) is 10.3. The molecule has 27 heavy (non-hydrogen) atoms. The van der Waals surface area contributed by atoms with Crippen LogP contribution in [0.15, 0.2) is 29.3 Å². The molecule has 0 amide bonds. The molecule has 2 aliphatic rings. The standard InChI is InChI=1S/C21H34N4O2/c1-17-15-18-7-3-4-9-20(18)25(17)12-11-24-21(22-2)23-10-6-13-26-16-19-8-5-14-27-19/h3-4,7,9,17,19H,5-6,8,10-16H2,1-2H3,(H2,22,23,24). The predicted molar refractivity (Wildman–Crippen MR) is 111 cm³/mol. The van der Waals surface area contributed by atoms with E-state index in [9.17, 15) is 0 Å². The number of hydrogen-bond donors (Lipinski definition) is 2. The number of nitrogens with zero attached hydrogens (tertiary/aromatic N) is 2. The molecule has 1 aromatic rings. The number of rotatable bonds is 9. The fraction of sp³-hybridized carbons (Fsp3) is 0.667. The molecule has 6 heteroatoms. The third-order valence-electron chi connectivity index (χ3n) is 5.30. The Morgan fingerprint density at radius 2 is 2.15 bits per heavy atom. The molecule has 1 fully saturated rings. The molecule has 3 rings (SSSR count). The van der Waals surface area contributed by atoms with E-state index in [1.165, 1.54) is 17.7 Å². The summed E-state index contributed by atoms with van der Waals surface area (Å²) in [7, 11) is 1.82. The van der Waals surface area contributed by atoms with Crippen LogP contribution in [0.25, 0.3) is 0 Å². The maximum atomic E-state index is 5.69. The highest BCUT2D eigenvalue weighted by Crippen LogP contribution is 2.31. The number of hydrogen-bond acceptors (Lipinski definition) is 4. The number of para-hydroxylation sites is 1. The number of anilines is 1. The number of benzene rings is 1. The average Bonchev–Trinajstić information content (AvgIpc) is 3.30. The number of fused-ring (bicyclic) bond motifs is 1. The zero-order valence-corrected chi connectivity index (χ0v) is 16.7. The van der Waals surface area contributed by atoms with Gasteiger partial charge in [0.1, 0.15) is 0 Å². The Labute approximate surface area is 163 Å². The topological polar surface area (TPSA) is 58.1 Å². The van der Waals surface area contributed by atoms with E-state index in [4.69, 9.17) is 9.47 Å². The number of nitrogens with one attached hydrogen (secondary N) is 2. The Balaban J connectivity index is 1.28. The van der Waals surface area contributed by atoms with Gasteiger partial charge in [-0.15, -0.1) is 0 Å². The second kappa shape index (κ2) is 10.5. The maximum absolute atomic E-state index is 5.69. The van der Waals surface area contributed by atoms with Crippen LogP contribution in [0.4, 0.5) is 5.69 Å². The van der Waals surface area contributed by atoms with Gasteiger partial charge in [-0.2, -0.15) is 0 Å². The van der Waals surface area contributed by atoms with Crippen molar-refractivity contribution in [2.45, 2.75) is 44.8 Å². The average molecular weight is 375 g/mol. The van der Waals surface area contributed by atoms with E-state index in [1.807, 2.05) is 7.05 Å². The van der Waals surface area contributed by atoms with E-state index in [2.05, 4.69) is 51.7 Å². The van der Waals surface area contributed by atoms with Crippen molar-refractivity contribution in [2.75, 3.05) is 51.4 Å². The van der Waals surface area contributed by atoms with E-state index in [-0.39, 0.29) is 0 Å². The van der Waals surface area contributed by atoms with Crippen LogP contribution in [0.5, 0.6) is 0 Å². The SMILES string of the molecule is CN=C(NCCCOCC1CCCO1)NCCN1c2ccccc2CC1C. The molecule has 1 aromatic carbocycles. The molecular weight excluding hydrogens is 340 g/mol. The fourth-order valence-corrected chi connectivity index (χ4v) is 3.86. The molecule has 0 aliphatic carbocycles. The Morgan fingerprint density at radius 3 is 2.96 bits per heavy atom. The van der Waals surface area contributed by atoms with Gasteiger partial charge in [0.15, 0.2) is 5.96 Å². The normalized spacial score (nSPS) is 22.1. The maximum Gasteiger partial charge on any atom is 0.191 e. The van der Waals surface area contributed by atoms with Crippen molar-refractivity contribution in [3.05, 3.63) is 29.8 Å². The minimum absolute atomic E-state index is 0.311. The van der Waals surface area contributed by atoms with Crippen molar-refractivity contribution in [3.8, 4) is 0 Å². The molecule has 0 radical (unpaired) electrons. The van der Waals surface area contributed by atoms with Crippen LogP contribution in [-0.2, 0) is 15.9 Å². The molecule has 2 N–H and O–H groups in total. The Morgan fingerprint density at radius 1 is 1.30 bits per heavy atom. The van der Waals surface area contributed by atoms with Gasteiger partial charge in [0, 0.05) is 51.6 Å². The Hall–Kier alpha value is -1.79. The molecule has 6 nitrogen and oxygen atoms in total. The summed E-state index contributed by atoms with van der Waals surface area (Å²) < 4.78 is 11.3. The van der Waals surface area contributed by atoms with Gasteiger partial charge in [0.25, 0.3) is 0 Å². The second-order valence-corrected chi connectivity index (χ2v) is 7.36. The van der Waals surface area contributed by atoms with Crippen LogP contribution in [0.2, 0.25) is 0 Å². The highest BCUT2D eigenvalue weighted by Gasteiger charge is 2.24. The van der Waals surface area contributed by atoms with Gasteiger partial charge >= 0.3 is 0 Å². The van der Waals surface area contributed by atoms with E-state index >= 15 is 0 Å². The molecule has 0 aromatic heterocycles. The summed E-state index contributed by atoms with van der Waals surface area (Å²) in [5, 5.41) is 6.78. The molecule has 150 valence electrons. The fourth-order valence-electron chi connectivity index (χ4n) is 3.86. The lowest BCUT2D eigenvalue weighted by molar-refractivity contribution is 0.0168. The lowest BCUT2D eigenvalue weighted by atomic mass is 10.1. The van der Waals surface area contributed by atoms with Crippen LogP contribution in [-0.4, -0.2) is 64.6 Å². The van der Waals surface area contributed by atoms with Crippen LogP contribution >= 0.6 is 0 Å². The number of ether oxygens (including phenoxy) is 2. The van der Waals surface area contributed by atoms with Crippen molar-refractivity contribution in [2.24, 2.45) is 4.99 Å². The lowest BCUT2D eigenvalue weighted by Crippen LogP contribution is -2.43. The van der Waals surface area contributed by atoms with E-state index in [1.54, 1.807) is 0 Å². The van der Waals surface area contributed by atoms with Crippen molar-refractivity contribution in [3.63, 3.8) is 0 Å². The van der Waals surface area contributed by atoms with Crippen LogP contribution in [0, 0.1) is 0 Å². The summed E-state index contributed by atoms with van der Waals surface area (Å²) in [6, 6.07) is 9.27. The highest BCUT2D eigenvalue weighted by molar-refractivity contribution is 5.79. The first kappa shape index (κ1) is 20.0. The molecule has 2 atom stereocenters. The third kappa shape index (κ3) is 5.84. The molecule has 0 bridgehead atoms. The molecule has 2 unspecified atom stereocenters. The molecule has 1 saturated heterocycles. The quantitative estimate of drug-likeness (QED) is 0.394. The molecule has 2 aliphatic heterocycles. The van der Waals surface area contributed by atoms with Gasteiger partial charge in [-0.1, -0.05) is 18.2 Å². The summed E-state index contributed by atoms with van der Waals surface area (Å²) in [4.78, 5) is 6.79. The molecule has 2 heterocycles. The van der Waals surface area contributed by atoms with Gasteiger partial charge < -0.3 is 25.0 Å². The summed E-state index contributed by atoms with van der Waals surface area (Å²) in [6.07, 6.45) is 4.71. The third-order valence-corrected chi connectivity index (χ3v) is 5.30. The summed E-state index contributed by atoms with van der Waals surface area (Å²) in [5.41, 5.74) is 2.83. The highest BCUT2D eigenvalue weighted by atomic mass is 16.5. The molecule has 0 saturated carbocycles. The van der Waals surface area contributed by atoms with Gasteiger partial charge in [-0.3, -0.25) is 4.99 Å². The van der Waals surface area contributed by atoms with E-state index < -0.39 is 0 Å². The monoisotopic (exact) mass is 374 g/mol. The van der Waals surface area contributed by atoms with Crippen molar-refractivity contribution in [1.82, 2.24) is 10.6 Å². The summed E-state index contributed by atoms with van der Waals surface area (Å²) in [5.74, 6) is 0.856. The summed E-state index contributed by atoms with van der Waals surface area (Å²) in [6.45, 7) is 7.36. The van der Waals surface area contributed by atoms with Gasteiger partial charge in [0.05, 0.1) is 12.7 Å². The smallest absolute Gasteiger partial charge is 0.191 e. The number of guanidine groups is 1. The first-order valence-corrected chi connectivity index (χ1v) is 10.3. The van der Waals surface area contributed by atoms with Gasteiger partial charge in [0.2, 0.25) is 0 Å². The zero-order valence-electron chi connectivity index (χ0n) is 16.7. The van der Waals surface area contributed by atoms with Gasteiger partial charge in [-0.25, -0.2) is 0 Å². The molecule has 0 spiro atoms. The first-order chi connectivity index (χ1) is 13.3. The Kier molecular flexibility index (Phi) is 7.78. The summed E-state index contributed by atoms with van der Waals surface area (Å²) >= 11 is 0. The lowest BCUT2D eigenvalue weighted by Gasteiger charge is -2.25. The van der Waals surface area contributed by atoms with Crippen LogP contribution < -0.4 is 15.5 Å². The largest absolute Gasteiger partial charge is 0.379 e. The zero-order chi connectivity index (χ0) is 18.9. The number of aliphatic imine (C=N–C) groups is 1. The minimum Gasteiger partial charge on any atom is -0.379 e. The van der Waals surface area contributed by atoms with Crippen LogP contribution in [0.1, 0.15) is 31.7 Å². The Bertz CT molecular complexity index is 602. The van der Waals surface area contributed by atoms with Crippen molar-refractivity contribution in [1.29, 1.82) is 0 Å². The molecular formula is C21H34N4O2. The van der Waals surface area contributed by atoms with Crippen molar-refractivity contribution >= 4 is 11.6 Å². The predicted octanol–water partition coefficient (Wildman–Crippen LogP) is 2.19. The minimum atomic E-state index is 0.311.